The van der Waals surface area contributed by atoms with Crippen LogP contribution in [-0.4, -0.2) is 45.2 Å². The third kappa shape index (κ3) is 3.94. The highest BCUT2D eigenvalue weighted by atomic mass is 19.1. The van der Waals surface area contributed by atoms with Crippen LogP contribution in [0.3, 0.4) is 0 Å². The second-order valence-electron chi connectivity index (χ2n) is 10.5. The van der Waals surface area contributed by atoms with Crippen LogP contribution in [-0.2, 0) is 11.3 Å². The average Bonchev–Trinajstić information content (AvgIpc) is 3.50. The Bertz CT molecular complexity index is 1600. The summed E-state index contributed by atoms with van der Waals surface area (Å²) < 4.78 is 35.0. The quantitative estimate of drug-likeness (QED) is 0.362. The molecule has 2 N–H and O–H groups in total. The summed E-state index contributed by atoms with van der Waals surface area (Å²) in [7, 11) is 0. The first kappa shape index (κ1) is 24.0. The zero-order valence-corrected chi connectivity index (χ0v) is 21.4. The number of nitrogens with one attached hydrogen (secondary N) is 1. The molecule has 0 fully saturated rings. The molecule has 6 rings (SSSR count). The van der Waals surface area contributed by atoms with Crippen LogP contribution in [0.15, 0.2) is 36.8 Å². The number of fused-ring (bicyclic) bond motifs is 3. The maximum absolute atomic E-state index is 15.3. The van der Waals surface area contributed by atoms with Crippen LogP contribution in [0, 0.1) is 12.7 Å². The smallest absolute Gasteiger partial charge is 0.461 e. The lowest BCUT2D eigenvalue weighted by Gasteiger charge is -2.26. The molecule has 1 amide bonds. The average molecular weight is 521 g/mol. The molecule has 0 saturated carbocycles. The van der Waals surface area contributed by atoms with Crippen molar-refractivity contribution >= 4 is 17.6 Å². The molecule has 0 unspecified atom stereocenters. The van der Waals surface area contributed by atoms with Gasteiger partial charge in [-0.2, -0.15) is 9.50 Å². The van der Waals surface area contributed by atoms with Gasteiger partial charge in [0.1, 0.15) is 22.9 Å². The number of aromatic hydroxyl groups is 1. The Morgan fingerprint density at radius 2 is 1.97 bits per heavy atom. The van der Waals surface area contributed by atoms with Gasteiger partial charge in [0.15, 0.2) is 5.75 Å². The van der Waals surface area contributed by atoms with Gasteiger partial charge in [-0.25, -0.2) is 14.1 Å². The number of carbonyl (C=O) groups excluding carboxylic acids is 1. The lowest BCUT2D eigenvalue weighted by Crippen LogP contribution is -2.42. The van der Waals surface area contributed by atoms with E-state index in [0.717, 1.165) is 0 Å². The zero-order valence-electron chi connectivity index (χ0n) is 21.4. The molecule has 0 radical (unpaired) electrons. The molecule has 196 valence electrons. The van der Waals surface area contributed by atoms with E-state index in [1.807, 2.05) is 6.92 Å². The van der Waals surface area contributed by atoms with Gasteiger partial charge in [-0.1, -0.05) is 0 Å². The summed E-state index contributed by atoms with van der Waals surface area (Å²) in [4.78, 5) is 19.3. The molecule has 11 heteroatoms. The predicted octanol–water partition coefficient (Wildman–Crippen LogP) is 4.17. The number of anilines is 1. The Labute approximate surface area is 217 Å². The Balaban J connectivity index is 1.61. The number of amides is 1. The van der Waals surface area contributed by atoms with Crippen molar-refractivity contribution in [1.82, 2.24) is 15.2 Å². The SMILES string of the molecule is Cc1ncc(O)cc1-c1cc2c([n+]3cn[nH]c13)N(C(=O)OC(C)(C)C)Cc1c(F)ccc3c1[C@H](CO3)CO2. The number of benzene rings is 1. The lowest BCUT2D eigenvalue weighted by molar-refractivity contribution is -0.498. The number of nitrogens with zero attached hydrogens (tertiary/aromatic N) is 4. The summed E-state index contributed by atoms with van der Waals surface area (Å²) in [6.07, 6.45) is 2.22. The van der Waals surface area contributed by atoms with Gasteiger partial charge in [-0.15, -0.1) is 0 Å². The number of aryl methyl sites for hydroxylation is 1. The van der Waals surface area contributed by atoms with Crippen LogP contribution < -0.4 is 18.8 Å². The van der Waals surface area contributed by atoms with Crippen molar-refractivity contribution in [3.05, 3.63) is 59.4 Å². The number of H-pyrrole nitrogens is 1. The van der Waals surface area contributed by atoms with Gasteiger partial charge in [-0.05, 0) is 51.0 Å². The summed E-state index contributed by atoms with van der Waals surface area (Å²) in [5, 5.41) is 17.4. The van der Waals surface area contributed by atoms with Crippen LogP contribution in [0.4, 0.5) is 15.0 Å². The monoisotopic (exact) mass is 520 g/mol. The summed E-state index contributed by atoms with van der Waals surface area (Å²) in [6.45, 7) is 7.55. The number of halogens is 1. The number of aromatic nitrogens is 4. The minimum Gasteiger partial charge on any atom is -0.506 e. The van der Waals surface area contributed by atoms with E-state index in [4.69, 9.17) is 14.2 Å². The van der Waals surface area contributed by atoms with Crippen molar-refractivity contribution < 1.29 is 32.9 Å². The number of carbonyl (C=O) groups is 1. The normalized spacial score (nSPS) is 16.6. The first-order chi connectivity index (χ1) is 18.1. The number of hydrogen-bond acceptors (Lipinski definition) is 7. The topological polar surface area (TPSA) is 114 Å². The van der Waals surface area contributed by atoms with E-state index in [2.05, 4.69) is 15.2 Å². The number of hydrogen-bond donors (Lipinski definition) is 2. The molecule has 38 heavy (non-hydrogen) atoms. The molecular weight excluding hydrogens is 493 g/mol. The molecule has 3 aromatic heterocycles. The minimum absolute atomic E-state index is 0.00432. The number of aromatic amines is 1. The molecule has 1 aromatic carbocycles. The largest absolute Gasteiger partial charge is 0.506 e. The number of rotatable bonds is 1. The van der Waals surface area contributed by atoms with Crippen LogP contribution in [0.1, 0.15) is 43.5 Å². The fraction of sp³-hybridized carbons (Fsp3) is 0.333. The second kappa shape index (κ2) is 8.57. The van der Waals surface area contributed by atoms with Gasteiger partial charge >= 0.3 is 6.09 Å². The second-order valence-corrected chi connectivity index (χ2v) is 10.5. The summed E-state index contributed by atoms with van der Waals surface area (Å²) in [5.41, 5.74) is 2.74. The molecule has 0 spiro atoms. The lowest BCUT2D eigenvalue weighted by atomic mass is 9.95. The van der Waals surface area contributed by atoms with E-state index in [9.17, 15) is 9.90 Å². The van der Waals surface area contributed by atoms with Gasteiger partial charge in [0.2, 0.25) is 12.0 Å². The van der Waals surface area contributed by atoms with E-state index in [-0.39, 0.29) is 24.8 Å². The fourth-order valence-corrected chi connectivity index (χ4v) is 5.01. The fourth-order valence-electron chi connectivity index (χ4n) is 5.01. The Hall–Kier alpha value is -4.41. The van der Waals surface area contributed by atoms with E-state index in [0.29, 0.717) is 57.5 Å². The highest BCUT2D eigenvalue weighted by molar-refractivity contribution is 5.89. The molecule has 2 aliphatic rings. The van der Waals surface area contributed by atoms with Crippen LogP contribution in [0.5, 0.6) is 17.2 Å². The number of pyridine rings is 2. The summed E-state index contributed by atoms with van der Waals surface area (Å²) >= 11 is 0. The molecule has 5 heterocycles. The maximum atomic E-state index is 15.3. The van der Waals surface area contributed by atoms with Crippen molar-refractivity contribution in [3.63, 3.8) is 0 Å². The highest BCUT2D eigenvalue weighted by Crippen LogP contribution is 2.43. The summed E-state index contributed by atoms with van der Waals surface area (Å²) in [5.74, 6) is 0.588. The van der Waals surface area contributed by atoms with E-state index < -0.39 is 17.5 Å². The van der Waals surface area contributed by atoms with Gasteiger partial charge in [0, 0.05) is 28.5 Å². The van der Waals surface area contributed by atoms with Crippen molar-refractivity contribution in [3.8, 4) is 28.4 Å². The van der Waals surface area contributed by atoms with Crippen molar-refractivity contribution in [2.24, 2.45) is 0 Å². The zero-order chi connectivity index (χ0) is 26.8. The number of ether oxygens (including phenoxy) is 3. The molecule has 4 aromatic rings. The van der Waals surface area contributed by atoms with Gasteiger partial charge in [0.25, 0.3) is 5.82 Å². The molecule has 0 bridgehead atoms. The van der Waals surface area contributed by atoms with Crippen LogP contribution in [0.25, 0.3) is 16.8 Å². The third-order valence-electron chi connectivity index (χ3n) is 6.66. The van der Waals surface area contributed by atoms with Crippen molar-refractivity contribution in [2.75, 3.05) is 18.1 Å². The van der Waals surface area contributed by atoms with Gasteiger partial charge in [0.05, 0.1) is 37.4 Å². The maximum Gasteiger partial charge on any atom is 0.461 e. The highest BCUT2D eigenvalue weighted by Gasteiger charge is 2.39. The van der Waals surface area contributed by atoms with Gasteiger partial charge in [-0.3, -0.25) is 4.98 Å². The molecule has 2 aliphatic heterocycles. The van der Waals surface area contributed by atoms with E-state index in [1.54, 1.807) is 43.4 Å². The first-order valence-corrected chi connectivity index (χ1v) is 12.3. The Morgan fingerprint density at radius 3 is 2.74 bits per heavy atom. The van der Waals surface area contributed by atoms with Gasteiger partial charge < -0.3 is 19.3 Å². The first-order valence-electron chi connectivity index (χ1n) is 12.3. The molecular formula is C27H27FN5O5+. The van der Waals surface area contributed by atoms with E-state index >= 15 is 4.39 Å². The molecule has 0 saturated heterocycles. The van der Waals surface area contributed by atoms with Crippen molar-refractivity contribution in [1.29, 1.82) is 0 Å². The third-order valence-corrected chi connectivity index (χ3v) is 6.66. The summed E-state index contributed by atoms with van der Waals surface area (Å²) in [6, 6.07) is 6.33. The van der Waals surface area contributed by atoms with Crippen molar-refractivity contribution in [2.45, 2.75) is 45.8 Å². The molecule has 0 aliphatic carbocycles. The minimum atomic E-state index is -0.802. The van der Waals surface area contributed by atoms with Crippen LogP contribution in [0.2, 0.25) is 0 Å². The van der Waals surface area contributed by atoms with Crippen LogP contribution >= 0.6 is 0 Å². The predicted molar refractivity (Wildman–Crippen MR) is 134 cm³/mol. The molecule has 10 nitrogen and oxygen atoms in total. The van der Waals surface area contributed by atoms with E-state index in [1.165, 1.54) is 23.5 Å². The Kier molecular flexibility index (Phi) is 5.41. The molecule has 1 atom stereocenters. The Morgan fingerprint density at radius 1 is 1.21 bits per heavy atom. The standard InChI is InChI=1S/C27H26FN5O5/c1-14-17(7-16(34)9-29-14)18-8-22-25(33-13-30-31-24(18)33)32(26(35)38-27(2,3)4)10-19-20(28)5-6-21-23(19)15(11-36-21)12-37-22/h5-9,13,15,34H,10-12H2,1-4H3/p+1/t15-/m1/s1.